The first-order valence-electron chi connectivity index (χ1n) is 4.51. The smallest absolute Gasteiger partial charge is 0.294 e. The molecular formula is C10H8ClN3O2. The zero-order valence-corrected chi connectivity index (χ0v) is 9.15. The molecule has 2 aromatic rings. The maximum absolute atomic E-state index is 11.7. The second-order valence-corrected chi connectivity index (χ2v) is 3.55. The number of hydrogen-bond acceptors (Lipinski definition) is 4. The van der Waals surface area contributed by atoms with Crippen LogP contribution in [0.1, 0.15) is 16.1 Å². The maximum Gasteiger partial charge on any atom is 0.294 e. The van der Waals surface area contributed by atoms with Gasteiger partial charge < -0.3 is 9.84 Å². The molecule has 0 aliphatic rings. The van der Waals surface area contributed by atoms with Crippen LogP contribution in [0.4, 0.5) is 5.69 Å². The van der Waals surface area contributed by atoms with E-state index in [9.17, 15) is 4.79 Å². The first-order valence-corrected chi connectivity index (χ1v) is 4.89. The fraction of sp³-hybridized carbons (Fsp3) is 0.100. The van der Waals surface area contributed by atoms with Gasteiger partial charge in [-0.2, -0.15) is 0 Å². The van der Waals surface area contributed by atoms with Gasteiger partial charge in [0.05, 0.1) is 6.20 Å². The van der Waals surface area contributed by atoms with Crippen LogP contribution in [0, 0.1) is 6.92 Å². The first kappa shape index (κ1) is 10.6. The lowest BCUT2D eigenvalue weighted by molar-refractivity contribution is 0.0987. The number of rotatable bonds is 2. The van der Waals surface area contributed by atoms with Gasteiger partial charge >= 0.3 is 0 Å². The van der Waals surface area contributed by atoms with E-state index in [0.717, 1.165) is 0 Å². The van der Waals surface area contributed by atoms with E-state index in [-0.39, 0.29) is 11.7 Å². The van der Waals surface area contributed by atoms with Gasteiger partial charge in [0.15, 0.2) is 0 Å². The molecule has 0 atom stereocenters. The summed E-state index contributed by atoms with van der Waals surface area (Å²) in [5.74, 6) is -0.176. The highest BCUT2D eigenvalue weighted by Crippen LogP contribution is 2.14. The van der Waals surface area contributed by atoms with Crippen molar-refractivity contribution in [1.82, 2.24) is 10.1 Å². The van der Waals surface area contributed by atoms with E-state index in [0.29, 0.717) is 16.4 Å². The third-order valence-electron chi connectivity index (χ3n) is 1.94. The van der Waals surface area contributed by atoms with Crippen LogP contribution < -0.4 is 5.32 Å². The van der Waals surface area contributed by atoms with Crippen LogP contribution in [0.3, 0.4) is 0 Å². The first-order chi connectivity index (χ1) is 7.66. The molecule has 5 nitrogen and oxygen atoms in total. The highest BCUT2D eigenvalue weighted by molar-refractivity contribution is 6.29. The minimum Gasteiger partial charge on any atom is -0.351 e. The second kappa shape index (κ2) is 4.32. The topological polar surface area (TPSA) is 68.0 Å². The summed E-state index contributed by atoms with van der Waals surface area (Å²) in [6, 6.07) is 3.18. The molecular weight excluding hydrogens is 230 g/mol. The predicted octanol–water partition coefficient (Wildman–Crippen LogP) is 2.28. The highest BCUT2D eigenvalue weighted by Gasteiger charge is 2.14. The van der Waals surface area contributed by atoms with E-state index in [4.69, 9.17) is 16.1 Å². The van der Waals surface area contributed by atoms with E-state index in [1.54, 1.807) is 19.1 Å². The van der Waals surface area contributed by atoms with E-state index in [1.807, 2.05) is 0 Å². The fourth-order valence-electron chi connectivity index (χ4n) is 1.18. The molecule has 0 bridgehead atoms. The molecule has 2 aromatic heterocycles. The van der Waals surface area contributed by atoms with Crippen molar-refractivity contribution in [1.29, 1.82) is 0 Å². The Bertz CT molecular complexity index is 524. The number of aromatic nitrogens is 2. The van der Waals surface area contributed by atoms with Gasteiger partial charge in [0.2, 0.25) is 5.76 Å². The molecule has 6 heteroatoms. The molecule has 1 amide bonds. The molecule has 16 heavy (non-hydrogen) atoms. The zero-order chi connectivity index (χ0) is 11.5. The second-order valence-electron chi connectivity index (χ2n) is 3.16. The Morgan fingerprint density at radius 2 is 2.38 bits per heavy atom. The Kier molecular flexibility index (Phi) is 2.87. The molecule has 0 aliphatic heterocycles. The number of aryl methyl sites for hydroxylation is 1. The zero-order valence-electron chi connectivity index (χ0n) is 8.40. The Labute approximate surface area is 96.4 Å². The van der Waals surface area contributed by atoms with Crippen molar-refractivity contribution in [2.75, 3.05) is 5.32 Å². The minimum atomic E-state index is -0.364. The summed E-state index contributed by atoms with van der Waals surface area (Å²) in [6.07, 6.45) is 2.99. The summed E-state index contributed by atoms with van der Waals surface area (Å²) in [5.41, 5.74) is 1.23. The average molecular weight is 238 g/mol. The number of nitrogens with zero attached hydrogens (tertiary/aromatic N) is 2. The van der Waals surface area contributed by atoms with E-state index in [2.05, 4.69) is 15.5 Å². The highest BCUT2D eigenvalue weighted by atomic mass is 35.5. The number of nitrogens with one attached hydrogen (secondary N) is 1. The third kappa shape index (κ3) is 2.20. The number of hydrogen-bond donors (Lipinski definition) is 1. The average Bonchev–Trinajstić information content (AvgIpc) is 2.64. The Hall–Kier alpha value is -1.88. The van der Waals surface area contributed by atoms with E-state index < -0.39 is 0 Å². The number of amides is 1. The Balaban J connectivity index is 2.17. The molecule has 0 aliphatic carbocycles. The van der Waals surface area contributed by atoms with Gasteiger partial charge in [-0.1, -0.05) is 16.8 Å². The van der Waals surface area contributed by atoms with Crippen molar-refractivity contribution < 1.29 is 9.32 Å². The number of halogens is 1. The standard InChI is InChI=1S/C10H8ClN3O2/c1-6-5-13-16-9(6)10(15)14-7-2-3-12-8(11)4-7/h2-5H,1H3,(H,12,14,15). The SMILES string of the molecule is Cc1cnoc1C(=O)Nc1ccnc(Cl)c1. The van der Waals surface area contributed by atoms with Gasteiger partial charge in [0.1, 0.15) is 5.15 Å². The number of pyridine rings is 1. The summed E-state index contributed by atoms with van der Waals surface area (Å²) in [7, 11) is 0. The van der Waals surface area contributed by atoms with Gasteiger partial charge in [-0.25, -0.2) is 4.98 Å². The molecule has 0 unspecified atom stereocenters. The molecule has 0 fully saturated rings. The summed E-state index contributed by atoms with van der Waals surface area (Å²) < 4.78 is 4.82. The van der Waals surface area contributed by atoms with Crippen LogP contribution in [0.2, 0.25) is 5.15 Å². The molecule has 0 spiro atoms. The van der Waals surface area contributed by atoms with Crippen LogP contribution in [-0.2, 0) is 0 Å². The molecule has 2 heterocycles. The lowest BCUT2D eigenvalue weighted by Gasteiger charge is -2.02. The van der Waals surface area contributed by atoms with Gasteiger partial charge in [-0.15, -0.1) is 0 Å². The van der Waals surface area contributed by atoms with Gasteiger partial charge in [-0.05, 0) is 19.1 Å². The van der Waals surface area contributed by atoms with Crippen LogP contribution in [0.5, 0.6) is 0 Å². The molecule has 0 radical (unpaired) electrons. The van der Waals surface area contributed by atoms with Gasteiger partial charge in [0, 0.05) is 17.4 Å². The Morgan fingerprint density at radius 3 is 3.00 bits per heavy atom. The largest absolute Gasteiger partial charge is 0.351 e. The van der Waals surface area contributed by atoms with E-state index >= 15 is 0 Å². The molecule has 0 saturated carbocycles. The molecule has 0 saturated heterocycles. The van der Waals surface area contributed by atoms with Crippen molar-refractivity contribution in [3.05, 3.63) is 41.0 Å². The maximum atomic E-state index is 11.7. The van der Waals surface area contributed by atoms with Gasteiger partial charge in [-0.3, -0.25) is 4.79 Å². The quantitative estimate of drug-likeness (QED) is 0.814. The summed E-state index contributed by atoms with van der Waals surface area (Å²) in [5, 5.41) is 6.47. The monoisotopic (exact) mass is 237 g/mol. The fourth-order valence-corrected chi connectivity index (χ4v) is 1.35. The minimum absolute atomic E-state index is 0.188. The summed E-state index contributed by atoms with van der Waals surface area (Å²) >= 11 is 5.69. The normalized spacial score (nSPS) is 10.1. The van der Waals surface area contributed by atoms with Crippen molar-refractivity contribution in [3.63, 3.8) is 0 Å². The summed E-state index contributed by atoms with van der Waals surface area (Å²) in [6.45, 7) is 1.74. The van der Waals surface area contributed by atoms with Crippen LogP contribution >= 0.6 is 11.6 Å². The van der Waals surface area contributed by atoms with Crippen LogP contribution in [-0.4, -0.2) is 16.0 Å². The van der Waals surface area contributed by atoms with E-state index in [1.165, 1.54) is 12.4 Å². The number of anilines is 1. The van der Waals surface area contributed by atoms with Crippen molar-refractivity contribution in [2.24, 2.45) is 0 Å². The molecule has 82 valence electrons. The van der Waals surface area contributed by atoms with Crippen molar-refractivity contribution in [3.8, 4) is 0 Å². The van der Waals surface area contributed by atoms with Gasteiger partial charge in [0.25, 0.3) is 5.91 Å². The van der Waals surface area contributed by atoms with Crippen LogP contribution in [0.25, 0.3) is 0 Å². The molecule has 2 rings (SSSR count). The van der Waals surface area contributed by atoms with Crippen molar-refractivity contribution >= 4 is 23.2 Å². The Morgan fingerprint density at radius 1 is 1.56 bits per heavy atom. The predicted molar refractivity (Wildman–Crippen MR) is 58.4 cm³/mol. The summed E-state index contributed by atoms with van der Waals surface area (Å²) in [4.78, 5) is 15.5. The third-order valence-corrected chi connectivity index (χ3v) is 2.15. The van der Waals surface area contributed by atoms with Crippen molar-refractivity contribution in [2.45, 2.75) is 6.92 Å². The van der Waals surface area contributed by atoms with Crippen LogP contribution in [0.15, 0.2) is 29.0 Å². The lowest BCUT2D eigenvalue weighted by atomic mass is 10.3. The molecule has 1 N–H and O–H groups in total. The molecule has 0 aromatic carbocycles. The lowest BCUT2D eigenvalue weighted by Crippen LogP contribution is -2.12. The number of carbonyl (C=O) groups is 1. The number of carbonyl (C=O) groups excluding carboxylic acids is 1.